The third-order valence-electron chi connectivity index (χ3n) is 4.43. The molecule has 4 unspecified atom stereocenters. The summed E-state index contributed by atoms with van der Waals surface area (Å²) < 4.78 is 0. The van der Waals surface area contributed by atoms with Crippen molar-refractivity contribution < 1.29 is 34.2 Å². The maximum atomic E-state index is 12.8. The molecule has 0 aliphatic carbocycles. The number of carboxylic acid groups (broad SMARTS) is 1. The fraction of sp³-hybridized carbons (Fsp3) is 0.450. The van der Waals surface area contributed by atoms with Crippen molar-refractivity contribution in [3.05, 3.63) is 35.9 Å². The zero-order valence-corrected chi connectivity index (χ0v) is 17.6. The molecule has 4 amide bonds. The quantitative estimate of drug-likeness (QED) is 0.168. The summed E-state index contributed by atoms with van der Waals surface area (Å²) in [6, 6.07) is 4.90. The van der Waals surface area contributed by atoms with Gasteiger partial charge >= 0.3 is 5.97 Å². The summed E-state index contributed by atoms with van der Waals surface area (Å²) in [5.41, 5.74) is 11.4. The number of rotatable bonds is 13. The van der Waals surface area contributed by atoms with Gasteiger partial charge in [0, 0.05) is 12.8 Å². The fourth-order valence-corrected chi connectivity index (χ4v) is 2.70. The minimum atomic E-state index is -1.45. The van der Waals surface area contributed by atoms with Gasteiger partial charge in [0.25, 0.3) is 0 Å². The first-order valence-corrected chi connectivity index (χ1v) is 9.87. The Bertz CT molecular complexity index is 816. The van der Waals surface area contributed by atoms with Crippen LogP contribution in [0.25, 0.3) is 0 Å². The molecule has 0 radical (unpaired) electrons. The van der Waals surface area contributed by atoms with Crippen LogP contribution in [-0.2, 0) is 30.4 Å². The number of carboxylic acids is 1. The van der Waals surface area contributed by atoms with Crippen molar-refractivity contribution in [1.29, 1.82) is 0 Å². The average Bonchev–Trinajstić information content (AvgIpc) is 2.73. The zero-order valence-electron chi connectivity index (χ0n) is 17.6. The normalized spacial score (nSPS) is 14.3. The molecule has 0 fully saturated rings. The van der Waals surface area contributed by atoms with E-state index in [0.29, 0.717) is 5.56 Å². The van der Waals surface area contributed by atoms with E-state index in [0.717, 1.165) is 0 Å². The number of nitrogens with two attached hydrogens (primary N) is 2. The number of benzene rings is 1. The van der Waals surface area contributed by atoms with Gasteiger partial charge in [-0.3, -0.25) is 24.0 Å². The van der Waals surface area contributed by atoms with E-state index in [4.69, 9.17) is 16.6 Å². The summed E-state index contributed by atoms with van der Waals surface area (Å²) in [5, 5.41) is 25.7. The molecule has 0 bridgehead atoms. The van der Waals surface area contributed by atoms with Gasteiger partial charge in [0.2, 0.25) is 23.6 Å². The van der Waals surface area contributed by atoms with E-state index in [-0.39, 0.29) is 19.3 Å². The molecule has 12 nitrogen and oxygen atoms in total. The van der Waals surface area contributed by atoms with Gasteiger partial charge in [0.15, 0.2) is 0 Å². The molecule has 9 N–H and O–H groups in total. The zero-order chi connectivity index (χ0) is 24.3. The van der Waals surface area contributed by atoms with Gasteiger partial charge in [0.1, 0.15) is 18.6 Å². The Morgan fingerprint density at radius 2 is 1.62 bits per heavy atom. The Kier molecular flexibility index (Phi) is 10.8. The molecule has 32 heavy (non-hydrogen) atoms. The molecule has 0 saturated heterocycles. The second-order valence-electron chi connectivity index (χ2n) is 7.20. The largest absolute Gasteiger partial charge is 0.480 e. The Morgan fingerprint density at radius 3 is 2.16 bits per heavy atom. The summed E-state index contributed by atoms with van der Waals surface area (Å²) in [5.74, 6) is -4.32. The molecule has 1 rings (SSSR count). The van der Waals surface area contributed by atoms with Gasteiger partial charge in [-0.05, 0) is 18.9 Å². The number of aliphatic hydroxyl groups excluding tert-OH is 1. The van der Waals surface area contributed by atoms with Crippen molar-refractivity contribution in [1.82, 2.24) is 16.0 Å². The SMILES string of the molecule is CC(O)C(NC(=O)C(N)CCC(N)=O)C(=O)NC(Cc1ccccc1)C(=O)NCC(=O)O. The van der Waals surface area contributed by atoms with Gasteiger partial charge in [-0.1, -0.05) is 30.3 Å². The molecular formula is C20H29N5O7. The monoisotopic (exact) mass is 451 g/mol. The Hall–Kier alpha value is -3.51. The number of carbonyl (C=O) groups is 5. The van der Waals surface area contributed by atoms with Crippen molar-refractivity contribution in [3.8, 4) is 0 Å². The third kappa shape index (κ3) is 9.53. The molecular weight excluding hydrogens is 422 g/mol. The molecule has 0 aliphatic rings. The average molecular weight is 451 g/mol. The molecule has 0 spiro atoms. The molecule has 1 aromatic carbocycles. The highest BCUT2D eigenvalue weighted by atomic mass is 16.4. The second kappa shape index (κ2) is 13.0. The number of nitrogens with one attached hydrogen (secondary N) is 3. The molecule has 0 heterocycles. The Labute approximate surface area is 184 Å². The van der Waals surface area contributed by atoms with Gasteiger partial charge in [-0.25, -0.2) is 0 Å². The number of primary amides is 1. The Morgan fingerprint density at radius 1 is 1.00 bits per heavy atom. The molecule has 0 aliphatic heterocycles. The van der Waals surface area contributed by atoms with E-state index in [1.54, 1.807) is 30.3 Å². The summed E-state index contributed by atoms with van der Waals surface area (Å²) >= 11 is 0. The van der Waals surface area contributed by atoms with E-state index < -0.39 is 60.4 Å². The maximum absolute atomic E-state index is 12.8. The van der Waals surface area contributed by atoms with Crippen LogP contribution in [0.3, 0.4) is 0 Å². The first-order valence-electron chi connectivity index (χ1n) is 9.87. The van der Waals surface area contributed by atoms with Gasteiger partial charge in [-0.2, -0.15) is 0 Å². The standard InChI is InChI=1S/C20H29N5O7/c1-11(26)17(25-18(30)13(21)7-8-15(22)27)20(32)24-14(19(31)23-10-16(28)29)9-12-5-3-2-4-6-12/h2-6,11,13-14,17,26H,7-10,21H2,1H3,(H2,22,27)(H,23,31)(H,24,32)(H,25,30)(H,28,29). The third-order valence-corrected chi connectivity index (χ3v) is 4.43. The number of carbonyl (C=O) groups excluding carboxylic acids is 4. The second-order valence-corrected chi connectivity index (χ2v) is 7.20. The summed E-state index contributed by atoms with van der Waals surface area (Å²) in [6.45, 7) is 0.613. The summed E-state index contributed by atoms with van der Waals surface area (Å²) in [6.07, 6.45) is -1.50. The van der Waals surface area contributed by atoms with Crippen molar-refractivity contribution >= 4 is 29.6 Å². The maximum Gasteiger partial charge on any atom is 0.322 e. The lowest BCUT2D eigenvalue weighted by molar-refractivity contribution is -0.138. The first-order chi connectivity index (χ1) is 15.0. The van der Waals surface area contributed by atoms with Crippen LogP contribution in [0.1, 0.15) is 25.3 Å². The minimum absolute atomic E-state index is 0.0383. The van der Waals surface area contributed by atoms with Crippen molar-refractivity contribution in [2.24, 2.45) is 11.5 Å². The topological polar surface area (TPSA) is 214 Å². The number of hydrogen-bond donors (Lipinski definition) is 7. The lowest BCUT2D eigenvalue weighted by Gasteiger charge is -2.25. The van der Waals surface area contributed by atoms with Crippen molar-refractivity contribution in [2.45, 2.75) is 50.4 Å². The van der Waals surface area contributed by atoms with Crippen LogP contribution in [0.5, 0.6) is 0 Å². The van der Waals surface area contributed by atoms with E-state index >= 15 is 0 Å². The van der Waals surface area contributed by atoms with Crippen LogP contribution in [0.2, 0.25) is 0 Å². The lowest BCUT2D eigenvalue weighted by Crippen LogP contribution is -2.59. The van der Waals surface area contributed by atoms with Crippen LogP contribution >= 0.6 is 0 Å². The number of amides is 4. The first kappa shape index (κ1) is 26.5. The molecule has 176 valence electrons. The Balaban J connectivity index is 2.92. The highest BCUT2D eigenvalue weighted by Gasteiger charge is 2.31. The van der Waals surface area contributed by atoms with E-state index in [1.165, 1.54) is 6.92 Å². The molecule has 0 aromatic heterocycles. The summed E-state index contributed by atoms with van der Waals surface area (Å²) in [7, 11) is 0. The van der Waals surface area contributed by atoms with Crippen LogP contribution in [0, 0.1) is 0 Å². The van der Waals surface area contributed by atoms with Crippen LogP contribution in [0.4, 0.5) is 0 Å². The minimum Gasteiger partial charge on any atom is -0.480 e. The van der Waals surface area contributed by atoms with Crippen molar-refractivity contribution in [3.63, 3.8) is 0 Å². The number of aliphatic carboxylic acids is 1. The van der Waals surface area contributed by atoms with E-state index in [9.17, 15) is 29.1 Å². The molecule has 12 heteroatoms. The van der Waals surface area contributed by atoms with Crippen LogP contribution < -0.4 is 27.4 Å². The van der Waals surface area contributed by atoms with E-state index in [1.807, 2.05) is 0 Å². The fourth-order valence-electron chi connectivity index (χ4n) is 2.70. The van der Waals surface area contributed by atoms with Crippen LogP contribution in [-0.4, -0.2) is 70.6 Å². The molecule has 0 saturated carbocycles. The smallest absolute Gasteiger partial charge is 0.322 e. The highest BCUT2D eigenvalue weighted by Crippen LogP contribution is 2.05. The van der Waals surface area contributed by atoms with Gasteiger partial charge in [-0.15, -0.1) is 0 Å². The number of aliphatic hydroxyl groups is 1. The van der Waals surface area contributed by atoms with Crippen LogP contribution in [0.15, 0.2) is 30.3 Å². The van der Waals surface area contributed by atoms with Gasteiger partial charge < -0.3 is 37.6 Å². The number of hydrogen-bond acceptors (Lipinski definition) is 7. The lowest BCUT2D eigenvalue weighted by atomic mass is 10.0. The van der Waals surface area contributed by atoms with Crippen molar-refractivity contribution in [2.75, 3.05) is 6.54 Å². The van der Waals surface area contributed by atoms with Gasteiger partial charge in [0.05, 0.1) is 12.1 Å². The molecule has 4 atom stereocenters. The molecule has 1 aromatic rings. The highest BCUT2D eigenvalue weighted by molar-refractivity contribution is 5.94. The summed E-state index contributed by atoms with van der Waals surface area (Å²) in [4.78, 5) is 59.1. The van der Waals surface area contributed by atoms with E-state index in [2.05, 4.69) is 16.0 Å². The predicted octanol–water partition coefficient (Wildman–Crippen LogP) is -2.63. The predicted molar refractivity (Wildman–Crippen MR) is 113 cm³/mol.